The highest BCUT2D eigenvalue weighted by Crippen LogP contribution is 2.18. The molecule has 5 heteroatoms. The summed E-state index contributed by atoms with van der Waals surface area (Å²) in [7, 11) is 0. The molecule has 0 spiro atoms. The largest absolute Gasteiger partial charge is 0.456 e. The first-order chi connectivity index (χ1) is 7.20. The van der Waals surface area contributed by atoms with Crippen molar-refractivity contribution in [3.05, 3.63) is 23.7 Å². The van der Waals surface area contributed by atoms with Gasteiger partial charge in [0.1, 0.15) is 5.76 Å². The van der Waals surface area contributed by atoms with E-state index in [-0.39, 0.29) is 18.3 Å². The lowest BCUT2D eigenvalue weighted by Crippen LogP contribution is -2.29. The van der Waals surface area contributed by atoms with Crippen LogP contribution in [-0.4, -0.2) is 30.4 Å². The number of rotatable bonds is 2. The van der Waals surface area contributed by atoms with Crippen molar-refractivity contribution in [2.45, 2.75) is 13.3 Å². The minimum absolute atomic E-state index is 0. The average Bonchev–Trinajstić information content (AvgIpc) is 2.84. The summed E-state index contributed by atoms with van der Waals surface area (Å²) in [4.78, 5) is 13.7. The van der Waals surface area contributed by atoms with E-state index in [4.69, 9.17) is 10.2 Å². The normalized spacial score (nSPS) is 19.6. The third kappa shape index (κ3) is 2.57. The molecule has 0 aromatic carbocycles. The number of nitrogens with zero attached hydrogens (tertiary/aromatic N) is 1. The lowest BCUT2D eigenvalue weighted by atomic mass is 10.1. The summed E-state index contributed by atoms with van der Waals surface area (Å²) < 4.78 is 5.30. The summed E-state index contributed by atoms with van der Waals surface area (Å²) in [6.45, 7) is 4.04. The van der Waals surface area contributed by atoms with E-state index < -0.39 is 0 Å². The predicted molar refractivity (Wildman–Crippen MR) is 63.8 cm³/mol. The van der Waals surface area contributed by atoms with Gasteiger partial charge in [-0.3, -0.25) is 4.79 Å². The van der Waals surface area contributed by atoms with Crippen LogP contribution in [0.5, 0.6) is 0 Å². The van der Waals surface area contributed by atoms with E-state index >= 15 is 0 Å². The molecule has 0 saturated carbocycles. The van der Waals surface area contributed by atoms with Crippen molar-refractivity contribution < 1.29 is 9.21 Å². The van der Waals surface area contributed by atoms with E-state index in [1.165, 1.54) is 0 Å². The van der Waals surface area contributed by atoms with E-state index in [2.05, 4.69) is 0 Å². The molecule has 2 heterocycles. The number of amides is 1. The second-order valence-corrected chi connectivity index (χ2v) is 4.05. The van der Waals surface area contributed by atoms with Crippen molar-refractivity contribution in [1.29, 1.82) is 0 Å². The Kier molecular flexibility index (Phi) is 4.38. The minimum Gasteiger partial charge on any atom is -0.456 e. The van der Waals surface area contributed by atoms with Gasteiger partial charge < -0.3 is 15.1 Å². The van der Waals surface area contributed by atoms with Crippen LogP contribution in [0.25, 0.3) is 0 Å². The molecule has 1 unspecified atom stereocenters. The van der Waals surface area contributed by atoms with Gasteiger partial charge in [-0.2, -0.15) is 0 Å². The predicted octanol–water partition coefficient (Wildman–Crippen LogP) is 1.43. The van der Waals surface area contributed by atoms with Gasteiger partial charge in [-0.1, -0.05) is 0 Å². The van der Waals surface area contributed by atoms with E-state index in [9.17, 15) is 4.79 Å². The monoisotopic (exact) mass is 244 g/mol. The zero-order valence-electron chi connectivity index (χ0n) is 9.31. The fraction of sp³-hybridized carbons (Fsp3) is 0.545. The van der Waals surface area contributed by atoms with Gasteiger partial charge in [-0.25, -0.2) is 0 Å². The van der Waals surface area contributed by atoms with Crippen LogP contribution < -0.4 is 5.73 Å². The van der Waals surface area contributed by atoms with Crippen molar-refractivity contribution in [2.24, 2.45) is 11.7 Å². The van der Waals surface area contributed by atoms with Crippen molar-refractivity contribution >= 4 is 18.3 Å². The summed E-state index contributed by atoms with van der Waals surface area (Å²) in [6.07, 6.45) is 1.00. The van der Waals surface area contributed by atoms with Crippen LogP contribution in [-0.2, 0) is 0 Å². The molecule has 1 aromatic heterocycles. The first-order valence-electron chi connectivity index (χ1n) is 5.26. The Morgan fingerprint density at radius 2 is 2.38 bits per heavy atom. The highest BCUT2D eigenvalue weighted by molar-refractivity contribution is 5.91. The Morgan fingerprint density at radius 3 is 2.88 bits per heavy atom. The van der Waals surface area contributed by atoms with Gasteiger partial charge >= 0.3 is 0 Å². The molecule has 1 aromatic rings. The summed E-state index contributed by atoms with van der Waals surface area (Å²) in [5.74, 6) is 1.64. The fourth-order valence-electron chi connectivity index (χ4n) is 1.91. The number of nitrogens with two attached hydrogens (primary N) is 1. The average molecular weight is 245 g/mol. The molecule has 1 amide bonds. The number of hydrogen-bond donors (Lipinski definition) is 1. The van der Waals surface area contributed by atoms with Gasteiger partial charge in [0.2, 0.25) is 0 Å². The molecule has 16 heavy (non-hydrogen) atoms. The third-order valence-corrected chi connectivity index (χ3v) is 2.86. The van der Waals surface area contributed by atoms with Crippen LogP contribution in [0.1, 0.15) is 22.7 Å². The van der Waals surface area contributed by atoms with E-state index in [1.54, 1.807) is 6.07 Å². The molecule has 1 saturated heterocycles. The molecule has 0 aliphatic carbocycles. The van der Waals surface area contributed by atoms with Crippen LogP contribution in [0, 0.1) is 12.8 Å². The summed E-state index contributed by atoms with van der Waals surface area (Å²) in [5.41, 5.74) is 5.58. The van der Waals surface area contributed by atoms with Crippen LogP contribution in [0.2, 0.25) is 0 Å². The molecular formula is C11H17ClN2O2. The topological polar surface area (TPSA) is 59.5 Å². The van der Waals surface area contributed by atoms with Crippen molar-refractivity contribution in [3.8, 4) is 0 Å². The smallest absolute Gasteiger partial charge is 0.289 e. The summed E-state index contributed by atoms with van der Waals surface area (Å²) in [6, 6.07) is 3.54. The number of likely N-dealkylation sites (tertiary alicyclic amines) is 1. The molecule has 2 rings (SSSR count). The van der Waals surface area contributed by atoms with E-state index in [1.807, 2.05) is 17.9 Å². The van der Waals surface area contributed by atoms with Gasteiger partial charge in [0.25, 0.3) is 5.91 Å². The van der Waals surface area contributed by atoms with Crippen LogP contribution >= 0.6 is 12.4 Å². The Morgan fingerprint density at radius 1 is 1.62 bits per heavy atom. The molecule has 0 radical (unpaired) electrons. The number of carbonyl (C=O) groups is 1. The van der Waals surface area contributed by atoms with Gasteiger partial charge in [-0.15, -0.1) is 12.4 Å². The van der Waals surface area contributed by atoms with Gasteiger partial charge in [0.05, 0.1) is 0 Å². The van der Waals surface area contributed by atoms with E-state index in [0.29, 0.717) is 18.2 Å². The lowest BCUT2D eigenvalue weighted by molar-refractivity contribution is 0.0754. The number of aryl methyl sites for hydroxylation is 1. The third-order valence-electron chi connectivity index (χ3n) is 2.86. The quantitative estimate of drug-likeness (QED) is 0.856. The maximum Gasteiger partial charge on any atom is 0.289 e. The van der Waals surface area contributed by atoms with Crippen LogP contribution in [0.15, 0.2) is 16.5 Å². The second kappa shape index (κ2) is 5.37. The lowest BCUT2D eigenvalue weighted by Gasteiger charge is -2.14. The maximum absolute atomic E-state index is 11.9. The van der Waals surface area contributed by atoms with Gasteiger partial charge in [0, 0.05) is 13.1 Å². The Hall–Kier alpha value is -1.00. The summed E-state index contributed by atoms with van der Waals surface area (Å²) in [5, 5.41) is 0. The van der Waals surface area contributed by atoms with Gasteiger partial charge in [0.15, 0.2) is 5.76 Å². The van der Waals surface area contributed by atoms with Crippen LogP contribution in [0.4, 0.5) is 0 Å². The minimum atomic E-state index is -0.0148. The number of furan rings is 1. The molecular weight excluding hydrogens is 228 g/mol. The van der Waals surface area contributed by atoms with Gasteiger partial charge in [-0.05, 0) is 37.9 Å². The first kappa shape index (κ1) is 13.1. The number of halogens is 1. The summed E-state index contributed by atoms with van der Waals surface area (Å²) >= 11 is 0. The van der Waals surface area contributed by atoms with Crippen LogP contribution in [0.3, 0.4) is 0 Å². The Balaban J connectivity index is 0.00000128. The molecule has 0 bridgehead atoms. The highest BCUT2D eigenvalue weighted by Gasteiger charge is 2.27. The Labute approximate surface area is 101 Å². The molecule has 90 valence electrons. The molecule has 1 atom stereocenters. The van der Waals surface area contributed by atoms with Crippen molar-refractivity contribution in [1.82, 2.24) is 4.90 Å². The highest BCUT2D eigenvalue weighted by atomic mass is 35.5. The zero-order chi connectivity index (χ0) is 10.8. The SMILES string of the molecule is Cc1ccc(C(=O)N2CCC(CN)C2)o1.Cl. The fourth-order valence-corrected chi connectivity index (χ4v) is 1.91. The Bertz CT molecular complexity index is 365. The standard InChI is InChI=1S/C11H16N2O2.ClH/c1-8-2-3-10(15-8)11(14)13-5-4-9(6-12)7-13;/h2-3,9H,4-7,12H2,1H3;1H. The van der Waals surface area contributed by atoms with Crippen molar-refractivity contribution in [3.63, 3.8) is 0 Å². The first-order valence-corrected chi connectivity index (χ1v) is 5.26. The molecule has 4 nitrogen and oxygen atoms in total. The second-order valence-electron chi connectivity index (χ2n) is 4.05. The molecule has 1 aliphatic heterocycles. The molecule has 1 aliphatic rings. The maximum atomic E-state index is 11.9. The zero-order valence-corrected chi connectivity index (χ0v) is 10.1. The van der Waals surface area contributed by atoms with E-state index in [0.717, 1.165) is 25.3 Å². The number of hydrogen-bond acceptors (Lipinski definition) is 3. The molecule has 1 fully saturated rings. The van der Waals surface area contributed by atoms with Crippen molar-refractivity contribution in [2.75, 3.05) is 19.6 Å². The number of carbonyl (C=O) groups excluding carboxylic acids is 1. The molecule has 2 N–H and O–H groups in total.